The molecule has 2 aliphatic heterocycles. The quantitative estimate of drug-likeness (QED) is 0.858. The fourth-order valence-electron chi connectivity index (χ4n) is 3.21. The van der Waals surface area contributed by atoms with E-state index >= 15 is 0 Å². The summed E-state index contributed by atoms with van der Waals surface area (Å²) in [6, 6.07) is 0. The van der Waals surface area contributed by atoms with E-state index in [1.807, 2.05) is 6.08 Å². The zero-order chi connectivity index (χ0) is 14.8. The van der Waals surface area contributed by atoms with Crippen molar-refractivity contribution in [2.75, 3.05) is 19.6 Å². The molecular weight excluding hydrogens is 264 g/mol. The van der Waals surface area contributed by atoms with Crippen molar-refractivity contribution in [3.05, 3.63) is 35.6 Å². The molecule has 4 nitrogen and oxygen atoms in total. The Bertz CT molecular complexity index is 549. The van der Waals surface area contributed by atoms with Crippen LogP contribution in [0, 0.1) is 5.92 Å². The lowest BCUT2D eigenvalue weighted by Crippen LogP contribution is -2.40. The Morgan fingerprint density at radius 2 is 2.19 bits per heavy atom. The summed E-state index contributed by atoms with van der Waals surface area (Å²) >= 11 is 0. The third-order valence-electron chi connectivity index (χ3n) is 4.53. The molecule has 0 aromatic carbocycles. The molecule has 0 radical (unpaired) electrons. The van der Waals surface area contributed by atoms with E-state index in [0.29, 0.717) is 6.54 Å². The van der Waals surface area contributed by atoms with Crippen LogP contribution in [0.25, 0.3) is 0 Å². The smallest absolute Gasteiger partial charge is 0.175 e. The summed E-state index contributed by atoms with van der Waals surface area (Å²) in [5.74, 6) is 0.213. The zero-order valence-corrected chi connectivity index (χ0v) is 12.5. The first-order valence-electron chi connectivity index (χ1n) is 7.78. The SMILES string of the molecule is CCC1=CC=CC2C(C(=O)CN3CCC(O)CC3)=CN=C12. The molecule has 1 saturated heterocycles. The topological polar surface area (TPSA) is 52.9 Å². The second kappa shape index (κ2) is 6.08. The monoisotopic (exact) mass is 286 g/mol. The van der Waals surface area contributed by atoms with Crippen molar-refractivity contribution in [1.82, 2.24) is 4.90 Å². The van der Waals surface area contributed by atoms with Gasteiger partial charge in [0.05, 0.1) is 18.4 Å². The summed E-state index contributed by atoms with van der Waals surface area (Å²) in [5.41, 5.74) is 3.08. The fraction of sp³-hybridized carbons (Fsp3) is 0.529. The molecule has 0 aromatic heterocycles. The molecule has 0 amide bonds. The van der Waals surface area contributed by atoms with E-state index in [4.69, 9.17) is 0 Å². The Kier molecular flexibility index (Phi) is 4.17. The van der Waals surface area contributed by atoms with Gasteiger partial charge in [0.15, 0.2) is 5.78 Å². The van der Waals surface area contributed by atoms with Crippen LogP contribution in [0.4, 0.5) is 0 Å². The Balaban J connectivity index is 1.63. The standard InChI is InChI=1S/C17H22N2O2/c1-2-12-4-3-5-14-15(10-18-17(12)14)16(21)11-19-8-6-13(20)7-9-19/h3-5,10,13-14,20H,2,6-9,11H2,1H3. The number of likely N-dealkylation sites (tertiary alicyclic amines) is 1. The van der Waals surface area contributed by atoms with Gasteiger partial charge in [0.1, 0.15) is 0 Å². The van der Waals surface area contributed by atoms with Crippen LogP contribution < -0.4 is 0 Å². The number of hydrogen-bond acceptors (Lipinski definition) is 4. The highest BCUT2D eigenvalue weighted by Gasteiger charge is 2.31. The summed E-state index contributed by atoms with van der Waals surface area (Å²) in [6.07, 6.45) is 10.2. The Labute approximate surface area is 125 Å². The molecular formula is C17H22N2O2. The lowest BCUT2D eigenvalue weighted by atomic mass is 9.85. The van der Waals surface area contributed by atoms with E-state index < -0.39 is 0 Å². The van der Waals surface area contributed by atoms with E-state index in [1.54, 1.807) is 6.20 Å². The highest BCUT2D eigenvalue weighted by molar-refractivity contribution is 6.14. The van der Waals surface area contributed by atoms with Gasteiger partial charge >= 0.3 is 0 Å². The molecule has 1 unspecified atom stereocenters. The van der Waals surface area contributed by atoms with Gasteiger partial charge in [-0.3, -0.25) is 14.7 Å². The van der Waals surface area contributed by atoms with Gasteiger partial charge in [-0.25, -0.2) is 0 Å². The second-order valence-corrected chi connectivity index (χ2v) is 5.94. The first kappa shape index (κ1) is 14.4. The van der Waals surface area contributed by atoms with Gasteiger partial charge in [-0.15, -0.1) is 0 Å². The highest BCUT2D eigenvalue weighted by atomic mass is 16.3. The van der Waals surface area contributed by atoms with Crippen LogP contribution in [0.15, 0.2) is 40.6 Å². The lowest BCUT2D eigenvalue weighted by molar-refractivity contribution is -0.117. The van der Waals surface area contributed by atoms with Crippen LogP contribution in [0.1, 0.15) is 26.2 Å². The molecule has 2 heterocycles. The molecule has 1 N–H and O–H groups in total. The normalized spacial score (nSPS) is 26.2. The predicted molar refractivity (Wildman–Crippen MR) is 83.2 cm³/mol. The van der Waals surface area contributed by atoms with Crippen molar-refractivity contribution in [1.29, 1.82) is 0 Å². The van der Waals surface area contributed by atoms with Gasteiger partial charge < -0.3 is 5.11 Å². The molecule has 1 aliphatic carbocycles. The molecule has 0 saturated carbocycles. The van der Waals surface area contributed by atoms with Crippen molar-refractivity contribution in [2.45, 2.75) is 32.3 Å². The van der Waals surface area contributed by atoms with E-state index in [0.717, 1.165) is 43.6 Å². The maximum absolute atomic E-state index is 12.5. The first-order valence-corrected chi connectivity index (χ1v) is 7.78. The fourth-order valence-corrected chi connectivity index (χ4v) is 3.21. The van der Waals surface area contributed by atoms with Crippen molar-refractivity contribution in [3.8, 4) is 0 Å². The van der Waals surface area contributed by atoms with Crippen molar-refractivity contribution in [2.24, 2.45) is 10.9 Å². The summed E-state index contributed by atoms with van der Waals surface area (Å²) < 4.78 is 0. The number of Topliss-reactive ketones (excluding diaryl/α,β-unsaturated/α-hetero) is 1. The number of carbonyl (C=O) groups excluding carboxylic acids is 1. The number of aliphatic imine (C=N–C) groups is 1. The third-order valence-corrected chi connectivity index (χ3v) is 4.53. The average Bonchev–Trinajstić information content (AvgIpc) is 2.93. The largest absolute Gasteiger partial charge is 0.393 e. The lowest BCUT2D eigenvalue weighted by Gasteiger charge is -2.29. The maximum atomic E-state index is 12.5. The average molecular weight is 286 g/mol. The minimum atomic E-state index is -0.199. The molecule has 1 fully saturated rings. The summed E-state index contributed by atoms with van der Waals surface area (Å²) in [5, 5.41) is 9.53. The van der Waals surface area contributed by atoms with Crippen molar-refractivity contribution >= 4 is 11.5 Å². The van der Waals surface area contributed by atoms with Crippen LogP contribution in [0.2, 0.25) is 0 Å². The van der Waals surface area contributed by atoms with Crippen molar-refractivity contribution in [3.63, 3.8) is 0 Å². The number of aliphatic hydroxyl groups excluding tert-OH is 1. The number of fused-ring (bicyclic) bond motifs is 1. The minimum absolute atomic E-state index is 0.0489. The molecule has 112 valence electrons. The van der Waals surface area contributed by atoms with Crippen molar-refractivity contribution < 1.29 is 9.90 Å². The van der Waals surface area contributed by atoms with Crippen LogP contribution in [0.3, 0.4) is 0 Å². The number of hydrogen-bond donors (Lipinski definition) is 1. The molecule has 1 atom stereocenters. The van der Waals surface area contributed by atoms with Crippen LogP contribution in [-0.4, -0.2) is 47.2 Å². The number of aliphatic hydroxyl groups is 1. The summed E-state index contributed by atoms with van der Waals surface area (Å²) in [6.45, 7) is 4.16. The van der Waals surface area contributed by atoms with E-state index in [2.05, 4.69) is 29.0 Å². The molecule has 4 heteroatoms. The maximum Gasteiger partial charge on any atom is 0.175 e. The van der Waals surface area contributed by atoms with Gasteiger partial charge in [0, 0.05) is 30.8 Å². The molecule has 0 bridgehead atoms. The number of rotatable bonds is 4. The number of carbonyl (C=O) groups is 1. The van der Waals surface area contributed by atoms with E-state index in [-0.39, 0.29) is 17.8 Å². The Morgan fingerprint density at radius 1 is 1.43 bits per heavy atom. The Morgan fingerprint density at radius 3 is 2.90 bits per heavy atom. The van der Waals surface area contributed by atoms with E-state index in [9.17, 15) is 9.90 Å². The molecule has 21 heavy (non-hydrogen) atoms. The number of ketones is 1. The number of piperidine rings is 1. The molecule has 0 spiro atoms. The van der Waals surface area contributed by atoms with Gasteiger partial charge in [-0.05, 0) is 24.8 Å². The van der Waals surface area contributed by atoms with Gasteiger partial charge in [0.25, 0.3) is 0 Å². The Hall–Kier alpha value is -1.52. The zero-order valence-electron chi connectivity index (χ0n) is 12.5. The van der Waals surface area contributed by atoms with Crippen LogP contribution in [-0.2, 0) is 4.79 Å². The summed E-state index contributed by atoms with van der Waals surface area (Å²) in [4.78, 5) is 19.2. The predicted octanol–water partition coefficient (Wildman–Crippen LogP) is 1.87. The number of allylic oxidation sites excluding steroid dienone is 4. The first-order chi connectivity index (χ1) is 10.2. The van der Waals surface area contributed by atoms with Gasteiger partial charge in [-0.1, -0.05) is 25.2 Å². The minimum Gasteiger partial charge on any atom is -0.393 e. The second-order valence-electron chi connectivity index (χ2n) is 5.94. The molecule has 3 rings (SSSR count). The third kappa shape index (κ3) is 2.92. The van der Waals surface area contributed by atoms with Crippen LogP contribution in [0.5, 0.6) is 0 Å². The van der Waals surface area contributed by atoms with Gasteiger partial charge in [-0.2, -0.15) is 0 Å². The van der Waals surface area contributed by atoms with E-state index in [1.165, 1.54) is 5.57 Å². The summed E-state index contributed by atoms with van der Waals surface area (Å²) in [7, 11) is 0. The molecule has 0 aromatic rings. The van der Waals surface area contributed by atoms with Gasteiger partial charge in [0.2, 0.25) is 0 Å². The van der Waals surface area contributed by atoms with Crippen LogP contribution >= 0.6 is 0 Å². The highest BCUT2D eigenvalue weighted by Crippen LogP contribution is 2.30. The molecule has 3 aliphatic rings. The number of nitrogens with zero attached hydrogens (tertiary/aromatic N) is 2.